The van der Waals surface area contributed by atoms with E-state index in [1.54, 1.807) is 25.3 Å². The lowest BCUT2D eigenvalue weighted by Gasteiger charge is -2.10. The van der Waals surface area contributed by atoms with E-state index in [2.05, 4.69) is 0 Å². The lowest BCUT2D eigenvalue weighted by molar-refractivity contribution is 0.0389. The van der Waals surface area contributed by atoms with Crippen LogP contribution in [0.15, 0.2) is 42.5 Å². The van der Waals surface area contributed by atoms with E-state index < -0.39 is 5.97 Å². The smallest absolute Gasteiger partial charge is 0.340 e. The first-order chi connectivity index (χ1) is 12.5. The van der Waals surface area contributed by atoms with Gasteiger partial charge in [0.25, 0.3) is 0 Å². The highest BCUT2D eigenvalue weighted by atomic mass is 35.5. The van der Waals surface area contributed by atoms with Crippen LogP contribution in [0.3, 0.4) is 0 Å². The van der Waals surface area contributed by atoms with Gasteiger partial charge in [-0.15, -0.1) is 0 Å². The minimum atomic E-state index is -0.437. The summed E-state index contributed by atoms with van der Waals surface area (Å²) in [6, 6.07) is 12.6. The third-order valence-corrected chi connectivity index (χ3v) is 4.69. The Labute approximate surface area is 156 Å². The Morgan fingerprint density at radius 1 is 1.19 bits per heavy atom. The molecule has 0 saturated carbocycles. The molecule has 3 aromatic rings. The molecule has 5 nitrogen and oxygen atoms in total. The van der Waals surface area contributed by atoms with Gasteiger partial charge in [0.2, 0.25) is 0 Å². The Balaban J connectivity index is 2.08. The molecule has 1 aromatic heterocycles. The number of fused-ring (bicyclic) bond motifs is 1. The number of ether oxygens (including phenoxy) is 2. The van der Waals surface area contributed by atoms with Gasteiger partial charge in [0.1, 0.15) is 12.4 Å². The number of hydrogen-bond donors (Lipinski definition) is 1. The number of methoxy groups -OCH3 is 1. The van der Waals surface area contributed by atoms with Gasteiger partial charge >= 0.3 is 5.97 Å². The SMILES string of the molecule is COCCOC(=O)c1c(C)n(Cc2ccccc2Cl)c2ccc(O)cc12. The van der Waals surface area contributed by atoms with Crippen LogP contribution in [0.5, 0.6) is 5.75 Å². The molecule has 136 valence electrons. The van der Waals surface area contributed by atoms with Crippen molar-refractivity contribution in [3.63, 3.8) is 0 Å². The molecule has 0 saturated heterocycles. The van der Waals surface area contributed by atoms with Crippen LogP contribution in [0.4, 0.5) is 0 Å². The first-order valence-electron chi connectivity index (χ1n) is 8.24. The number of phenols is 1. The average Bonchev–Trinajstić information content (AvgIpc) is 2.88. The summed E-state index contributed by atoms with van der Waals surface area (Å²) in [6.07, 6.45) is 0. The molecule has 0 unspecified atom stereocenters. The van der Waals surface area contributed by atoms with Crippen molar-refractivity contribution in [1.82, 2.24) is 4.57 Å². The van der Waals surface area contributed by atoms with Gasteiger partial charge in [-0.2, -0.15) is 0 Å². The van der Waals surface area contributed by atoms with Gasteiger partial charge in [0.15, 0.2) is 0 Å². The van der Waals surface area contributed by atoms with Crippen LogP contribution in [0.25, 0.3) is 10.9 Å². The van der Waals surface area contributed by atoms with Crippen molar-refractivity contribution in [2.75, 3.05) is 20.3 Å². The molecule has 3 rings (SSSR count). The number of rotatable bonds is 6. The topological polar surface area (TPSA) is 60.7 Å². The molecule has 6 heteroatoms. The van der Waals surface area contributed by atoms with Crippen molar-refractivity contribution in [2.24, 2.45) is 0 Å². The van der Waals surface area contributed by atoms with E-state index in [-0.39, 0.29) is 12.4 Å². The van der Waals surface area contributed by atoms with Crippen LogP contribution >= 0.6 is 11.6 Å². The maximum Gasteiger partial charge on any atom is 0.340 e. The van der Waals surface area contributed by atoms with Crippen molar-refractivity contribution >= 4 is 28.5 Å². The highest BCUT2D eigenvalue weighted by Crippen LogP contribution is 2.31. The molecule has 0 amide bonds. The fourth-order valence-corrected chi connectivity index (χ4v) is 3.21. The summed E-state index contributed by atoms with van der Waals surface area (Å²) in [4.78, 5) is 12.6. The quantitative estimate of drug-likeness (QED) is 0.520. The van der Waals surface area contributed by atoms with E-state index in [1.807, 2.05) is 35.8 Å². The molecule has 0 aliphatic heterocycles. The van der Waals surface area contributed by atoms with Crippen LogP contribution in [0.1, 0.15) is 21.6 Å². The fourth-order valence-electron chi connectivity index (χ4n) is 3.02. The summed E-state index contributed by atoms with van der Waals surface area (Å²) in [5.41, 5.74) is 2.98. The van der Waals surface area contributed by atoms with Crippen molar-refractivity contribution < 1.29 is 19.4 Å². The lowest BCUT2D eigenvalue weighted by Crippen LogP contribution is -2.11. The normalized spacial score (nSPS) is 11.0. The van der Waals surface area contributed by atoms with E-state index in [0.717, 1.165) is 16.8 Å². The van der Waals surface area contributed by atoms with Crippen molar-refractivity contribution in [3.05, 3.63) is 64.3 Å². The Kier molecular flexibility index (Phi) is 5.49. The monoisotopic (exact) mass is 373 g/mol. The highest BCUT2D eigenvalue weighted by molar-refractivity contribution is 6.31. The number of carbonyl (C=O) groups excluding carboxylic acids is 1. The number of hydrogen-bond acceptors (Lipinski definition) is 4. The molecule has 0 atom stereocenters. The van der Waals surface area contributed by atoms with Gasteiger partial charge in [0.05, 0.1) is 12.2 Å². The molecule has 1 N–H and O–H groups in total. The number of phenolic OH excluding ortho intramolecular Hbond substituents is 1. The zero-order valence-electron chi connectivity index (χ0n) is 14.7. The average molecular weight is 374 g/mol. The van der Waals surface area contributed by atoms with E-state index in [9.17, 15) is 9.90 Å². The molecule has 0 aliphatic carbocycles. The zero-order chi connectivity index (χ0) is 18.7. The predicted octanol–water partition coefficient (Wildman–Crippen LogP) is 4.16. The maximum atomic E-state index is 12.6. The molecule has 1 heterocycles. The standard InChI is InChI=1S/C20H20ClNO4/c1-13-19(20(24)26-10-9-25-2)16-11-15(23)7-8-18(16)22(13)12-14-5-3-4-6-17(14)21/h3-8,11,23H,9-10,12H2,1-2H3. The minimum absolute atomic E-state index is 0.0957. The molecule has 0 spiro atoms. The molecule has 0 fully saturated rings. The van der Waals surface area contributed by atoms with Gasteiger partial charge in [-0.05, 0) is 36.8 Å². The van der Waals surface area contributed by atoms with E-state index in [4.69, 9.17) is 21.1 Å². The highest BCUT2D eigenvalue weighted by Gasteiger charge is 2.22. The van der Waals surface area contributed by atoms with Crippen LogP contribution in [-0.2, 0) is 16.0 Å². The second-order valence-electron chi connectivity index (χ2n) is 5.97. The summed E-state index contributed by atoms with van der Waals surface area (Å²) in [7, 11) is 1.55. The molecule has 26 heavy (non-hydrogen) atoms. The van der Waals surface area contributed by atoms with E-state index in [0.29, 0.717) is 29.1 Å². The second-order valence-corrected chi connectivity index (χ2v) is 6.38. The number of carbonyl (C=O) groups is 1. The summed E-state index contributed by atoms with van der Waals surface area (Å²) >= 11 is 6.30. The summed E-state index contributed by atoms with van der Waals surface area (Å²) in [5.74, 6) is -0.341. The van der Waals surface area contributed by atoms with Gasteiger partial charge in [-0.3, -0.25) is 0 Å². The predicted molar refractivity (Wildman–Crippen MR) is 101 cm³/mol. The number of aromatic hydroxyl groups is 1. The van der Waals surface area contributed by atoms with E-state index >= 15 is 0 Å². The van der Waals surface area contributed by atoms with E-state index in [1.165, 1.54) is 0 Å². The first-order valence-corrected chi connectivity index (χ1v) is 8.62. The molecule has 0 bridgehead atoms. The van der Waals surface area contributed by atoms with Crippen molar-refractivity contribution in [3.8, 4) is 5.75 Å². The van der Waals surface area contributed by atoms with Gasteiger partial charge in [-0.25, -0.2) is 4.79 Å². The zero-order valence-corrected chi connectivity index (χ0v) is 15.4. The molecule has 0 aliphatic rings. The molecule has 2 aromatic carbocycles. The molecule has 0 radical (unpaired) electrons. The third kappa shape index (κ3) is 3.54. The maximum absolute atomic E-state index is 12.6. The first kappa shape index (κ1) is 18.3. The Hall–Kier alpha value is -2.50. The number of esters is 1. The number of nitrogens with zero attached hydrogens (tertiary/aromatic N) is 1. The number of benzene rings is 2. The Morgan fingerprint density at radius 3 is 2.69 bits per heavy atom. The summed E-state index contributed by atoms with van der Waals surface area (Å²) in [6.45, 7) is 2.87. The lowest BCUT2D eigenvalue weighted by atomic mass is 10.1. The summed E-state index contributed by atoms with van der Waals surface area (Å²) < 4.78 is 12.2. The van der Waals surface area contributed by atoms with Crippen LogP contribution in [0.2, 0.25) is 5.02 Å². The largest absolute Gasteiger partial charge is 0.508 e. The minimum Gasteiger partial charge on any atom is -0.508 e. The molecular formula is C20H20ClNO4. The van der Waals surface area contributed by atoms with Crippen molar-refractivity contribution in [1.29, 1.82) is 0 Å². The molecular weight excluding hydrogens is 354 g/mol. The van der Waals surface area contributed by atoms with Crippen LogP contribution < -0.4 is 0 Å². The number of aromatic nitrogens is 1. The van der Waals surface area contributed by atoms with Crippen molar-refractivity contribution in [2.45, 2.75) is 13.5 Å². The van der Waals surface area contributed by atoms with Crippen LogP contribution in [-0.4, -0.2) is 36.0 Å². The second kappa shape index (κ2) is 7.81. The summed E-state index contributed by atoms with van der Waals surface area (Å²) in [5, 5.41) is 11.2. The number of halogens is 1. The van der Waals surface area contributed by atoms with Gasteiger partial charge < -0.3 is 19.1 Å². The Morgan fingerprint density at radius 2 is 1.96 bits per heavy atom. The van der Waals surface area contributed by atoms with Gasteiger partial charge in [-0.1, -0.05) is 29.8 Å². The van der Waals surface area contributed by atoms with Crippen LogP contribution in [0, 0.1) is 6.92 Å². The Bertz CT molecular complexity index is 948. The third-order valence-electron chi connectivity index (χ3n) is 4.32. The van der Waals surface area contributed by atoms with Gasteiger partial charge in [0, 0.05) is 35.3 Å². The fraction of sp³-hybridized carbons (Fsp3) is 0.250.